The summed E-state index contributed by atoms with van der Waals surface area (Å²) < 4.78 is 1.30. The van der Waals surface area contributed by atoms with Crippen molar-refractivity contribution in [2.24, 2.45) is 0 Å². The molecule has 1 aromatic carbocycles. The maximum Gasteiger partial charge on any atom is 0.262 e. The molecule has 152 valence electrons. The molecule has 0 radical (unpaired) electrons. The fourth-order valence-electron chi connectivity index (χ4n) is 2.98. The van der Waals surface area contributed by atoms with Crippen LogP contribution in [-0.2, 0) is 16.1 Å². The summed E-state index contributed by atoms with van der Waals surface area (Å²) in [5, 5.41) is 3.26. The Balaban J connectivity index is 1.81. The number of hydrogen-bond acceptors (Lipinski definition) is 5. The summed E-state index contributed by atoms with van der Waals surface area (Å²) in [7, 11) is 0. The van der Waals surface area contributed by atoms with E-state index in [2.05, 4.69) is 10.3 Å². The molecule has 2 aromatic heterocycles. The maximum atomic E-state index is 12.9. The number of nitrogens with one attached hydrogen (secondary N) is 1. The van der Waals surface area contributed by atoms with Crippen molar-refractivity contribution in [3.8, 4) is 10.4 Å². The summed E-state index contributed by atoms with van der Waals surface area (Å²) >= 11 is 1.44. The van der Waals surface area contributed by atoms with E-state index in [0.717, 1.165) is 10.4 Å². The third kappa shape index (κ3) is 4.89. The highest BCUT2D eigenvalue weighted by atomic mass is 32.1. The van der Waals surface area contributed by atoms with Gasteiger partial charge in [0.1, 0.15) is 11.4 Å². The maximum absolute atomic E-state index is 12.9. The van der Waals surface area contributed by atoms with Crippen LogP contribution in [0.4, 0.5) is 0 Å². The van der Waals surface area contributed by atoms with Crippen LogP contribution in [-0.4, -0.2) is 45.4 Å². The Hall–Kier alpha value is -3.00. The van der Waals surface area contributed by atoms with Crippen molar-refractivity contribution < 1.29 is 9.59 Å². The van der Waals surface area contributed by atoms with E-state index in [0.29, 0.717) is 16.8 Å². The number of fused-ring (bicyclic) bond motifs is 1. The number of nitrogens with zero attached hydrogens (tertiary/aromatic N) is 3. The molecule has 0 bridgehead atoms. The van der Waals surface area contributed by atoms with E-state index in [1.165, 1.54) is 27.1 Å². The smallest absolute Gasteiger partial charge is 0.262 e. The van der Waals surface area contributed by atoms with Crippen LogP contribution in [0.5, 0.6) is 0 Å². The van der Waals surface area contributed by atoms with Gasteiger partial charge in [-0.3, -0.25) is 19.0 Å². The lowest BCUT2D eigenvalue weighted by Gasteiger charge is -2.21. The van der Waals surface area contributed by atoms with Gasteiger partial charge in [-0.05, 0) is 32.4 Å². The van der Waals surface area contributed by atoms with Crippen molar-refractivity contribution in [1.82, 2.24) is 19.8 Å². The second-order valence-corrected chi connectivity index (χ2v) is 8.03. The molecule has 3 aromatic rings. The Morgan fingerprint density at radius 2 is 1.97 bits per heavy atom. The zero-order chi connectivity index (χ0) is 21.0. The Labute approximate surface area is 173 Å². The summed E-state index contributed by atoms with van der Waals surface area (Å²) in [6, 6.07) is 11.6. The SMILES string of the molecule is CCN(CC(=O)NC(C)C)C(=O)Cn1cnc2sc(-c3ccccc3)cc2c1=O. The minimum atomic E-state index is -0.298. The second-order valence-electron chi connectivity index (χ2n) is 7.00. The van der Waals surface area contributed by atoms with E-state index >= 15 is 0 Å². The molecule has 0 aliphatic heterocycles. The zero-order valence-electron chi connectivity index (χ0n) is 16.7. The zero-order valence-corrected chi connectivity index (χ0v) is 17.5. The lowest BCUT2D eigenvalue weighted by Crippen LogP contribution is -2.44. The molecule has 0 saturated carbocycles. The minimum absolute atomic E-state index is 0.00272. The van der Waals surface area contributed by atoms with Crippen molar-refractivity contribution in [2.75, 3.05) is 13.1 Å². The average Bonchev–Trinajstić information content (AvgIpc) is 3.13. The van der Waals surface area contributed by atoms with E-state index in [-0.39, 0.29) is 36.5 Å². The van der Waals surface area contributed by atoms with Crippen molar-refractivity contribution >= 4 is 33.4 Å². The first-order valence-corrected chi connectivity index (χ1v) is 10.3. The Morgan fingerprint density at radius 3 is 2.62 bits per heavy atom. The number of rotatable bonds is 7. The van der Waals surface area contributed by atoms with E-state index < -0.39 is 0 Å². The third-order valence-electron chi connectivity index (χ3n) is 4.40. The highest BCUT2D eigenvalue weighted by Crippen LogP contribution is 2.30. The Bertz CT molecular complexity index is 1070. The monoisotopic (exact) mass is 412 g/mol. The lowest BCUT2D eigenvalue weighted by atomic mass is 10.2. The van der Waals surface area contributed by atoms with E-state index in [9.17, 15) is 14.4 Å². The minimum Gasteiger partial charge on any atom is -0.352 e. The van der Waals surface area contributed by atoms with Gasteiger partial charge in [0, 0.05) is 17.5 Å². The molecule has 0 atom stereocenters. The number of hydrogen-bond donors (Lipinski definition) is 1. The summed E-state index contributed by atoms with van der Waals surface area (Å²) in [5.41, 5.74) is 0.760. The van der Waals surface area contributed by atoms with Gasteiger partial charge in [0.2, 0.25) is 11.8 Å². The summed E-state index contributed by atoms with van der Waals surface area (Å²) in [6.45, 7) is 5.72. The van der Waals surface area contributed by atoms with Gasteiger partial charge in [0.25, 0.3) is 5.56 Å². The van der Waals surface area contributed by atoms with Gasteiger partial charge in [-0.25, -0.2) is 4.98 Å². The fraction of sp³-hybridized carbons (Fsp3) is 0.333. The quantitative estimate of drug-likeness (QED) is 0.646. The lowest BCUT2D eigenvalue weighted by molar-refractivity contribution is -0.136. The van der Waals surface area contributed by atoms with E-state index in [1.807, 2.05) is 50.2 Å². The molecular formula is C21H24N4O3S. The second kappa shape index (κ2) is 9.00. The van der Waals surface area contributed by atoms with Crippen LogP contribution < -0.4 is 10.9 Å². The van der Waals surface area contributed by atoms with Crippen LogP contribution in [0.3, 0.4) is 0 Å². The largest absolute Gasteiger partial charge is 0.352 e. The molecule has 7 nitrogen and oxygen atoms in total. The van der Waals surface area contributed by atoms with Crippen LogP contribution in [0.2, 0.25) is 0 Å². The predicted octanol–water partition coefficient (Wildman–Crippen LogP) is 2.50. The highest BCUT2D eigenvalue weighted by Gasteiger charge is 2.18. The summed E-state index contributed by atoms with van der Waals surface area (Å²) in [5.74, 6) is -0.519. The van der Waals surface area contributed by atoms with Crippen LogP contribution >= 0.6 is 11.3 Å². The molecular weight excluding hydrogens is 388 g/mol. The van der Waals surface area contributed by atoms with Gasteiger partial charge < -0.3 is 10.2 Å². The first kappa shape index (κ1) is 20.7. The molecule has 8 heteroatoms. The van der Waals surface area contributed by atoms with Crippen molar-refractivity contribution in [2.45, 2.75) is 33.4 Å². The van der Waals surface area contributed by atoms with Crippen molar-refractivity contribution in [3.05, 3.63) is 53.1 Å². The number of benzene rings is 1. The first-order valence-electron chi connectivity index (χ1n) is 9.50. The standard InChI is InChI=1S/C21H24N4O3S/c1-4-24(11-18(26)23-14(2)3)19(27)12-25-13-22-20-16(21(25)28)10-17(29-20)15-8-6-5-7-9-15/h5-10,13-14H,4,11-12H2,1-3H3,(H,23,26). The van der Waals surface area contributed by atoms with Gasteiger partial charge in [-0.15, -0.1) is 11.3 Å². The fourth-order valence-corrected chi connectivity index (χ4v) is 3.98. The van der Waals surface area contributed by atoms with E-state index in [4.69, 9.17) is 0 Å². The van der Waals surface area contributed by atoms with Gasteiger partial charge in [0.05, 0.1) is 18.3 Å². The molecule has 1 N–H and O–H groups in total. The molecule has 0 aliphatic rings. The van der Waals surface area contributed by atoms with Gasteiger partial charge >= 0.3 is 0 Å². The number of likely N-dealkylation sites (N-methyl/N-ethyl adjacent to an activating group) is 1. The topological polar surface area (TPSA) is 84.3 Å². The molecule has 2 amide bonds. The predicted molar refractivity (Wildman–Crippen MR) is 115 cm³/mol. The molecule has 29 heavy (non-hydrogen) atoms. The molecule has 0 spiro atoms. The highest BCUT2D eigenvalue weighted by molar-refractivity contribution is 7.21. The summed E-state index contributed by atoms with van der Waals surface area (Å²) in [4.78, 5) is 44.9. The Kier molecular flexibility index (Phi) is 6.43. The molecule has 2 heterocycles. The molecule has 0 unspecified atom stereocenters. The van der Waals surface area contributed by atoms with Crippen LogP contribution in [0.25, 0.3) is 20.7 Å². The normalized spacial score (nSPS) is 11.0. The molecule has 0 saturated heterocycles. The van der Waals surface area contributed by atoms with E-state index in [1.54, 1.807) is 6.92 Å². The number of amides is 2. The van der Waals surface area contributed by atoms with Gasteiger partial charge in [0.15, 0.2) is 0 Å². The summed E-state index contributed by atoms with van der Waals surface area (Å²) in [6.07, 6.45) is 1.40. The molecule has 0 aliphatic carbocycles. The van der Waals surface area contributed by atoms with Crippen LogP contribution in [0.15, 0.2) is 47.5 Å². The third-order valence-corrected chi connectivity index (χ3v) is 5.49. The Morgan fingerprint density at radius 1 is 1.24 bits per heavy atom. The first-order chi connectivity index (χ1) is 13.9. The average molecular weight is 413 g/mol. The van der Waals surface area contributed by atoms with Crippen LogP contribution in [0, 0.1) is 0 Å². The molecule has 0 fully saturated rings. The molecule has 3 rings (SSSR count). The number of carbonyl (C=O) groups is 2. The van der Waals surface area contributed by atoms with Crippen molar-refractivity contribution in [3.63, 3.8) is 0 Å². The number of thiophene rings is 1. The van der Waals surface area contributed by atoms with Gasteiger partial charge in [-0.2, -0.15) is 0 Å². The number of carbonyl (C=O) groups excluding carboxylic acids is 2. The van der Waals surface area contributed by atoms with Gasteiger partial charge in [-0.1, -0.05) is 30.3 Å². The van der Waals surface area contributed by atoms with Crippen molar-refractivity contribution in [1.29, 1.82) is 0 Å². The van der Waals surface area contributed by atoms with Crippen LogP contribution in [0.1, 0.15) is 20.8 Å². The number of aromatic nitrogens is 2.